The fourth-order valence-corrected chi connectivity index (χ4v) is 2.62. The van der Waals surface area contributed by atoms with Gasteiger partial charge in [-0.2, -0.15) is 0 Å². The number of carbonyl (C=O) groups is 1. The zero-order valence-corrected chi connectivity index (χ0v) is 12.3. The molecule has 2 saturated heterocycles. The summed E-state index contributed by atoms with van der Waals surface area (Å²) in [5.74, 6) is -1.18. The van der Waals surface area contributed by atoms with Gasteiger partial charge in [-0.1, -0.05) is 0 Å². The number of anilines is 1. The minimum absolute atomic E-state index is 0. The molecule has 1 aromatic heterocycles. The van der Waals surface area contributed by atoms with Crippen LogP contribution in [0.1, 0.15) is 16.8 Å². The molecule has 0 radical (unpaired) electrons. The molecule has 0 bridgehead atoms. The molecule has 0 N–H and O–H groups in total. The summed E-state index contributed by atoms with van der Waals surface area (Å²) in [6, 6.07) is 1.63. The Balaban J connectivity index is 0.00000161. The van der Waals surface area contributed by atoms with Gasteiger partial charge in [-0.3, -0.25) is 9.88 Å². The summed E-state index contributed by atoms with van der Waals surface area (Å²) in [5.41, 5.74) is 0.985. The van der Waals surface area contributed by atoms with Crippen LogP contribution in [0.4, 0.5) is 5.69 Å². The van der Waals surface area contributed by atoms with Crippen molar-refractivity contribution in [1.29, 1.82) is 0 Å². The molecule has 2 aliphatic heterocycles. The summed E-state index contributed by atoms with van der Waals surface area (Å²) < 4.78 is 5.45. The van der Waals surface area contributed by atoms with Crippen molar-refractivity contribution in [2.24, 2.45) is 0 Å². The predicted molar refractivity (Wildman–Crippen MR) is 71.6 cm³/mol. The van der Waals surface area contributed by atoms with Gasteiger partial charge in [-0.05, 0) is 12.5 Å². The Morgan fingerprint density at radius 2 is 2.05 bits per heavy atom. The van der Waals surface area contributed by atoms with Gasteiger partial charge in [0.1, 0.15) is 0 Å². The van der Waals surface area contributed by atoms with E-state index in [1.807, 2.05) is 0 Å². The van der Waals surface area contributed by atoms with Gasteiger partial charge in [0.15, 0.2) is 0 Å². The molecule has 0 unspecified atom stereocenters. The Labute approximate surface area is 136 Å². The number of nitrogens with zero attached hydrogens (tertiary/aromatic N) is 3. The molecular formula is C14H18LiN3O3. The van der Waals surface area contributed by atoms with Crippen LogP contribution in [0.5, 0.6) is 0 Å². The van der Waals surface area contributed by atoms with Crippen molar-refractivity contribution in [2.45, 2.75) is 12.5 Å². The molecule has 21 heavy (non-hydrogen) atoms. The zero-order valence-electron chi connectivity index (χ0n) is 12.3. The average Bonchev–Trinajstić information content (AvgIpc) is 2.44. The number of hydrogen-bond donors (Lipinski definition) is 0. The van der Waals surface area contributed by atoms with Crippen LogP contribution >= 0.6 is 0 Å². The van der Waals surface area contributed by atoms with Crippen molar-refractivity contribution in [3.63, 3.8) is 0 Å². The first kappa shape index (κ1) is 16.3. The standard InChI is InChI=1S/C14H19N3O3.Li/c18-14(19)11-7-12(9-15-8-11)17-4-2-16(3-5-17)10-13-1-6-20-13;/h7-9,13H,1-6,10H2,(H,18,19);/q;+1/p-1/t13-;/m0./s1. The van der Waals surface area contributed by atoms with Crippen LogP contribution in [-0.2, 0) is 4.74 Å². The molecule has 0 spiro atoms. The van der Waals surface area contributed by atoms with E-state index < -0.39 is 5.97 Å². The third-order valence-corrected chi connectivity index (χ3v) is 3.95. The third-order valence-electron chi connectivity index (χ3n) is 3.95. The number of ether oxygens (including phenoxy) is 1. The molecule has 0 aliphatic carbocycles. The van der Waals surface area contributed by atoms with Crippen LogP contribution in [0, 0.1) is 0 Å². The Morgan fingerprint density at radius 3 is 2.62 bits per heavy atom. The first-order valence-corrected chi connectivity index (χ1v) is 6.97. The van der Waals surface area contributed by atoms with E-state index in [4.69, 9.17) is 4.74 Å². The second kappa shape index (κ2) is 7.28. The van der Waals surface area contributed by atoms with Gasteiger partial charge in [0.25, 0.3) is 0 Å². The van der Waals surface area contributed by atoms with Crippen LogP contribution in [0.3, 0.4) is 0 Å². The number of carbonyl (C=O) groups excluding carboxylic acids is 1. The molecule has 2 fully saturated rings. The van der Waals surface area contributed by atoms with E-state index >= 15 is 0 Å². The van der Waals surface area contributed by atoms with E-state index in [0.717, 1.165) is 51.4 Å². The molecule has 0 saturated carbocycles. The first-order chi connectivity index (χ1) is 9.72. The maximum Gasteiger partial charge on any atom is 1.00 e. The average molecular weight is 283 g/mol. The minimum Gasteiger partial charge on any atom is -0.545 e. The van der Waals surface area contributed by atoms with Crippen molar-refractivity contribution in [3.8, 4) is 0 Å². The summed E-state index contributed by atoms with van der Waals surface area (Å²) in [4.78, 5) is 19.4. The summed E-state index contributed by atoms with van der Waals surface area (Å²) in [6.07, 6.45) is 4.60. The van der Waals surface area contributed by atoms with Gasteiger partial charge in [-0.15, -0.1) is 0 Å². The molecule has 6 nitrogen and oxygen atoms in total. The molecule has 2 aliphatic rings. The van der Waals surface area contributed by atoms with Crippen LogP contribution in [0.2, 0.25) is 0 Å². The monoisotopic (exact) mass is 283 g/mol. The van der Waals surface area contributed by atoms with Crippen LogP contribution < -0.4 is 28.9 Å². The number of carboxylic acid groups (broad SMARTS) is 1. The van der Waals surface area contributed by atoms with Crippen molar-refractivity contribution in [3.05, 3.63) is 24.0 Å². The van der Waals surface area contributed by atoms with Crippen LogP contribution in [0.15, 0.2) is 18.5 Å². The van der Waals surface area contributed by atoms with Gasteiger partial charge in [0.2, 0.25) is 0 Å². The number of aromatic carboxylic acids is 1. The summed E-state index contributed by atoms with van der Waals surface area (Å²) >= 11 is 0. The summed E-state index contributed by atoms with van der Waals surface area (Å²) in [7, 11) is 0. The largest absolute Gasteiger partial charge is 1.00 e. The smallest absolute Gasteiger partial charge is 0.545 e. The number of pyridine rings is 1. The van der Waals surface area contributed by atoms with E-state index in [-0.39, 0.29) is 24.4 Å². The topological polar surface area (TPSA) is 68.7 Å². The molecule has 3 heterocycles. The van der Waals surface area contributed by atoms with Gasteiger partial charge in [0.05, 0.1) is 24.0 Å². The molecule has 1 atom stereocenters. The normalized spacial score (nSPS) is 22.3. The SMILES string of the molecule is O=C([O-])c1cncc(N2CCN(C[C@@H]3CCO3)CC2)c1.[Li+]. The van der Waals surface area contributed by atoms with Crippen molar-refractivity contribution in [2.75, 3.05) is 44.2 Å². The number of carboxylic acids is 1. The van der Waals surface area contributed by atoms with Gasteiger partial charge in [0, 0.05) is 51.1 Å². The molecule has 108 valence electrons. The van der Waals surface area contributed by atoms with E-state index in [0.29, 0.717) is 6.10 Å². The number of aromatic nitrogens is 1. The Morgan fingerprint density at radius 1 is 1.33 bits per heavy atom. The zero-order chi connectivity index (χ0) is 13.9. The van der Waals surface area contributed by atoms with Crippen LogP contribution in [0.25, 0.3) is 0 Å². The number of rotatable bonds is 4. The van der Waals surface area contributed by atoms with Crippen molar-refractivity contribution >= 4 is 11.7 Å². The van der Waals surface area contributed by atoms with E-state index in [1.54, 1.807) is 12.3 Å². The second-order valence-electron chi connectivity index (χ2n) is 5.29. The fraction of sp³-hybridized carbons (Fsp3) is 0.571. The quantitative estimate of drug-likeness (QED) is 0.531. The van der Waals surface area contributed by atoms with E-state index in [1.165, 1.54) is 6.20 Å². The maximum atomic E-state index is 10.9. The van der Waals surface area contributed by atoms with E-state index in [2.05, 4.69) is 14.8 Å². The third kappa shape index (κ3) is 3.98. The second-order valence-corrected chi connectivity index (χ2v) is 5.29. The maximum absolute atomic E-state index is 10.9. The Hall–Kier alpha value is -1.06. The Bertz CT molecular complexity index is 488. The van der Waals surface area contributed by atoms with Gasteiger partial charge in [-0.25, -0.2) is 0 Å². The minimum atomic E-state index is -1.18. The molecule has 3 rings (SSSR count). The fourth-order valence-electron chi connectivity index (χ4n) is 2.62. The molecule has 7 heteroatoms. The molecule has 1 aromatic rings. The molecular weight excluding hydrogens is 265 g/mol. The van der Waals surface area contributed by atoms with Crippen LogP contribution in [-0.4, -0.2) is 61.3 Å². The number of hydrogen-bond acceptors (Lipinski definition) is 6. The van der Waals surface area contributed by atoms with Crippen molar-refractivity contribution in [1.82, 2.24) is 9.88 Å². The first-order valence-electron chi connectivity index (χ1n) is 6.97. The summed E-state index contributed by atoms with van der Waals surface area (Å²) in [5, 5.41) is 10.9. The van der Waals surface area contributed by atoms with Gasteiger partial charge < -0.3 is 19.5 Å². The molecule has 0 amide bonds. The predicted octanol–water partition coefficient (Wildman–Crippen LogP) is -3.64. The summed E-state index contributed by atoms with van der Waals surface area (Å²) in [6.45, 7) is 5.60. The Kier molecular flexibility index (Phi) is 5.65. The van der Waals surface area contributed by atoms with Crippen molar-refractivity contribution < 1.29 is 33.5 Å². The van der Waals surface area contributed by atoms with Gasteiger partial charge >= 0.3 is 18.9 Å². The number of piperazine rings is 1. The molecule has 0 aromatic carbocycles. The van der Waals surface area contributed by atoms with E-state index in [9.17, 15) is 9.90 Å².